The number of amides is 3. The summed E-state index contributed by atoms with van der Waals surface area (Å²) in [4.78, 5) is 55.0. The predicted molar refractivity (Wildman–Crippen MR) is 133 cm³/mol. The van der Waals surface area contributed by atoms with Crippen LogP contribution in [0.1, 0.15) is 46.3 Å². The van der Waals surface area contributed by atoms with Crippen molar-refractivity contribution in [1.82, 2.24) is 34.7 Å². The molecule has 3 amide bonds. The molecule has 4 aromatic rings. The van der Waals surface area contributed by atoms with Crippen LogP contribution in [0.5, 0.6) is 0 Å². The quantitative estimate of drug-likeness (QED) is 0.387. The molecule has 0 radical (unpaired) electrons. The number of halogens is 1. The summed E-state index contributed by atoms with van der Waals surface area (Å²) in [5.74, 6) is -2.16. The lowest BCUT2D eigenvalue weighted by molar-refractivity contribution is -0.130. The van der Waals surface area contributed by atoms with Gasteiger partial charge in [0.15, 0.2) is 17.0 Å². The van der Waals surface area contributed by atoms with Crippen molar-refractivity contribution in [1.29, 1.82) is 0 Å². The fourth-order valence-electron chi connectivity index (χ4n) is 4.55. The largest absolute Gasteiger partial charge is 0.419 e. The standard InChI is InChI=1S/C25H26FN7O5/c1-14(34)32-7-5-15(6-8-32)11-28-24(36)20-10-18(30-22-17(26)13-29-33(20)22)23(35)27-12-16-3-4-21-19(9-16)31(2)25(37)38-21/h3-4,9-10,13,15H,5-8,11-12H2,1-2H3,(H,27,35)(H,28,36). The molecule has 1 aliphatic rings. The van der Waals surface area contributed by atoms with E-state index >= 15 is 0 Å². The highest BCUT2D eigenvalue weighted by atomic mass is 19.1. The number of likely N-dealkylation sites (tertiary alicyclic amines) is 1. The van der Waals surface area contributed by atoms with Crippen molar-refractivity contribution in [3.63, 3.8) is 0 Å². The first-order valence-corrected chi connectivity index (χ1v) is 12.2. The second-order valence-corrected chi connectivity index (χ2v) is 9.33. The number of piperidine rings is 1. The maximum Gasteiger partial charge on any atom is 0.419 e. The van der Waals surface area contributed by atoms with Crippen LogP contribution in [0.3, 0.4) is 0 Å². The van der Waals surface area contributed by atoms with Gasteiger partial charge in [-0.1, -0.05) is 6.07 Å². The van der Waals surface area contributed by atoms with Gasteiger partial charge in [0.2, 0.25) is 5.91 Å². The lowest BCUT2D eigenvalue weighted by Crippen LogP contribution is -2.40. The topological polar surface area (TPSA) is 144 Å². The third-order valence-corrected chi connectivity index (χ3v) is 6.81. The fraction of sp³-hybridized carbons (Fsp3) is 0.360. The van der Waals surface area contributed by atoms with Crippen LogP contribution in [0.4, 0.5) is 4.39 Å². The number of hydrogen-bond acceptors (Lipinski definition) is 7. The number of rotatable bonds is 6. The Kier molecular flexibility index (Phi) is 6.66. The zero-order valence-corrected chi connectivity index (χ0v) is 20.9. The zero-order valence-electron chi connectivity index (χ0n) is 20.9. The number of nitrogens with zero attached hydrogens (tertiary/aromatic N) is 5. The molecule has 0 spiro atoms. The highest BCUT2D eigenvalue weighted by Gasteiger charge is 2.23. The Bertz CT molecular complexity index is 1610. The number of aryl methyl sites for hydroxylation is 1. The van der Waals surface area contributed by atoms with Gasteiger partial charge in [0.05, 0.1) is 11.7 Å². The van der Waals surface area contributed by atoms with Gasteiger partial charge < -0.3 is 20.0 Å². The molecule has 12 nitrogen and oxygen atoms in total. The normalized spacial score (nSPS) is 14.2. The highest BCUT2D eigenvalue weighted by Crippen LogP contribution is 2.18. The van der Waals surface area contributed by atoms with Crippen molar-refractivity contribution in [3.05, 3.63) is 63.8 Å². The van der Waals surface area contributed by atoms with Gasteiger partial charge in [0, 0.05) is 46.2 Å². The Labute approximate surface area is 215 Å². The Morgan fingerprint density at radius 2 is 1.89 bits per heavy atom. The zero-order chi connectivity index (χ0) is 27.0. The first-order chi connectivity index (χ1) is 18.2. The van der Waals surface area contributed by atoms with Crippen molar-refractivity contribution >= 4 is 34.5 Å². The number of hydrogen-bond donors (Lipinski definition) is 2. The summed E-state index contributed by atoms with van der Waals surface area (Å²) in [6.07, 6.45) is 2.45. The average molecular weight is 524 g/mol. The van der Waals surface area contributed by atoms with Gasteiger partial charge >= 0.3 is 5.76 Å². The smallest absolute Gasteiger partial charge is 0.408 e. The molecular formula is C25H26FN7O5. The number of nitrogens with one attached hydrogen (secondary N) is 2. The summed E-state index contributed by atoms with van der Waals surface area (Å²) in [5, 5.41) is 9.45. The summed E-state index contributed by atoms with van der Waals surface area (Å²) in [5.41, 5.74) is 1.29. The van der Waals surface area contributed by atoms with Crippen molar-refractivity contribution in [2.24, 2.45) is 13.0 Å². The van der Waals surface area contributed by atoms with E-state index in [9.17, 15) is 23.6 Å². The summed E-state index contributed by atoms with van der Waals surface area (Å²) in [7, 11) is 1.58. The molecule has 0 atom stereocenters. The number of benzene rings is 1. The van der Waals surface area contributed by atoms with Crippen molar-refractivity contribution in [2.75, 3.05) is 19.6 Å². The van der Waals surface area contributed by atoms with Gasteiger partial charge in [-0.15, -0.1) is 0 Å². The van der Waals surface area contributed by atoms with Crippen LogP contribution < -0.4 is 16.4 Å². The van der Waals surface area contributed by atoms with E-state index in [0.29, 0.717) is 36.3 Å². The first-order valence-electron chi connectivity index (χ1n) is 12.2. The van der Waals surface area contributed by atoms with Gasteiger partial charge in [0.1, 0.15) is 11.4 Å². The minimum absolute atomic E-state index is 0.0277. The van der Waals surface area contributed by atoms with E-state index in [-0.39, 0.29) is 35.4 Å². The third-order valence-electron chi connectivity index (χ3n) is 6.81. The molecule has 1 aromatic carbocycles. The van der Waals surface area contributed by atoms with Crippen LogP contribution in [-0.2, 0) is 18.4 Å². The van der Waals surface area contributed by atoms with E-state index < -0.39 is 23.4 Å². The highest BCUT2D eigenvalue weighted by molar-refractivity contribution is 5.98. The molecule has 2 N–H and O–H groups in total. The van der Waals surface area contributed by atoms with E-state index in [1.807, 2.05) is 0 Å². The fourth-order valence-corrected chi connectivity index (χ4v) is 4.55. The molecule has 4 heterocycles. The minimum Gasteiger partial charge on any atom is -0.408 e. The van der Waals surface area contributed by atoms with E-state index in [0.717, 1.165) is 23.6 Å². The molecule has 0 bridgehead atoms. The molecule has 0 unspecified atom stereocenters. The number of aromatic nitrogens is 4. The molecular weight excluding hydrogens is 497 g/mol. The van der Waals surface area contributed by atoms with Gasteiger partial charge in [0.25, 0.3) is 11.8 Å². The monoisotopic (exact) mass is 523 g/mol. The molecule has 1 aliphatic heterocycles. The molecule has 0 saturated carbocycles. The van der Waals surface area contributed by atoms with Crippen LogP contribution in [-0.4, -0.2) is 61.4 Å². The number of carbonyl (C=O) groups excluding carboxylic acids is 3. The number of fused-ring (bicyclic) bond motifs is 2. The van der Waals surface area contributed by atoms with Crippen LogP contribution in [0.15, 0.2) is 39.7 Å². The molecule has 1 fully saturated rings. The van der Waals surface area contributed by atoms with E-state index in [1.165, 1.54) is 17.6 Å². The second kappa shape index (κ2) is 10.1. The lowest BCUT2D eigenvalue weighted by Gasteiger charge is -2.31. The van der Waals surface area contributed by atoms with Crippen LogP contribution in [0.25, 0.3) is 16.7 Å². The third kappa shape index (κ3) is 4.86. The molecule has 1 saturated heterocycles. The van der Waals surface area contributed by atoms with Crippen LogP contribution in [0.2, 0.25) is 0 Å². The lowest BCUT2D eigenvalue weighted by atomic mass is 9.97. The molecule has 0 aliphatic carbocycles. The summed E-state index contributed by atoms with van der Waals surface area (Å²) >= 11 is 0. The molecule has 13 heteroatoms. The summed E-state index contributed by atoms with van der Waals surface area (Å²) in [6.45, 7) is 3.28. The summed E-state index contributed by atoms with van der Waals surface area (Å²) in [6, 6.07) is 6.33. The SMILES string of the molecule is CC(=O)N1CCC(CNC(=O)c2cc(C(=O)NCc3ccc4oc(=O)n(C)c4c3)nc3c(F)cnn23)CC1. The predicted octanol–water partition coefficient (Wildman–Crippen LogP) is 1.23. The Hall–Kier alpha value is -4.55. The van der Waals surface area contributed by atoms with Crippen LogP contribution in [0, 0.1) is 11.7 Å². The Morgan fingerprint density at radius 3 is 2.63 bits per heavy atom. The van der Waals surface area contributed by atoms with Crippen LogP contribution >= 0.6 is 0 Å². The van der Waals surface area contributed by atoms with Crippen molar-refractivity contribution in [2.45, 2.75) is 26.3 Å². The number of carbonyl (C=O) groups is 3. The molecule has 198 valence electrons. The molecule has 38 heavy (non-hydrogen) atoms. The minimum atomic E-state index is -0.767. The van der Waals surface area contributed by atoms with E-state index in [1.54, 1.807) is 30.1 Å². The average Bonchev–Trinajstić information content (AvgIpc) is 3.43. The van der Waals surface area contributed by atoms with Gasteiger partial charge in [-0.25, -0.2) is 18.7 Å². The Balaban J connectivity index is 1.30. The van der Waals surface area contributed by atoms with Gasteiger partial charge in [-0.2, -0.15) is 5.10 Å². The summed E-state index contributed by atoms with van der Waals surface area (Å²) < 4.78 is 21.9. The van der Waals surface area contributed by atoms with Crippen molar-refractivity contribution < 1.29 is 23.2 Å². The number of oxazole rings is 1. The van der Waals surface area contributed by atoms with E-state index in [4.69, 9.17) is 4.42 Å². The maximum atomic E-state index is 14.4. The second-order valence-electron chi connectivity index (χ2n) is 9.33. The molecule has 3 aromatic heterocycles. The van der Waals surface area contributed by atoms with Gasteiger partial charge in [-0.05, 0) is 36.5 Å². The maximum absolute atomic E-state index is 14.4. The molecule has 5 rings (SSSR count). The Morgan fingerprint density at radius 1 is 1.13 bits per heavy atom. The first kappa shape index (κ1) is 25.1. The van der Waals surface area contributed by atoms with Crippen molar-refractivity contribution in [3.8, 4) is 0 Å². The van der Waals surface area contributed by atoms with E-state index in [2.05, 4.69) is 20.7 Å². The van der Waals surface area contributed by atoms with Gasteiger partial charge in [-0.3, -0.25) is 19.0 Å².